The highest BCUT2D eigenvalue weighted by Gasteiger charge is 2.31. The maximum atomic E-state index is 12.2. The second-order valence-electron chi connectivity index (χ2n) is 4.99. The molecule has 1 aromatic rings. The van der Waals surface area contributed by atoms with Crippen molar-refractivity contribution in [3.8, 4) is 5.75 Å². The first-order valence-corrected chi connectivity index (χ1v) is 8.75. The lowest BCUT2D eigenvalue weighted by atomic mass is 10.2. The van der Waals surface area contributed by atoms with Crippen LogP contribution in [0, 0.1) is 0 Å². The summed E-state index contributed by atoms with van der Waals surface area (Å²) in [7, 11) is -2.10. The van der Waals surface area contributed by atoms with E-state index in [1.54, 1.807) is 6.07 Å². The van der Waals surface area contributed by atoms with Crippen LogP contribution in [0.25, 0.3) is 0 Å². The fourth-order valence-electron chi connectivity index (χ4n) is 2.10. The highest BCUT2D eigenvalue weighted by Crippen LogP contribution is 2.30. The van der Waals surface area contributed by atoms with Gasteiger partial charge in [-0.3, -0.25) is 19.2 Å². The molecule has 130 valence electrons. The summed E-state index contributed by atoms with van der Waals surface area (Å²) in [4.78, 5) is 24.8. The van der Waals surface area contributed by atoms with Crippen LogP contribution in [0.4, 0.5) is 11.4 Å². The molecule has 0 fully saturated rings. The van der Waals surface area contributed by atoms with E-state index >= 15 is 0 Å². The Bertz CT molecular complexity index is 803. The maximum absolute atomic E-state index is 12.2. The zero-order valence-electron chi connectivity index (χ0n) is 13.1. The lowest BCUT2D eigenvalue weighted by molar-refractivity contribution is -0.137. The summed E-state index contributed by atoms with van der Waals surface area (Å²) in [6.45, 7) is -0.468. The molecule has 2 rings (SSSR count). The van der Waals surface area contributed by atoms with Gasteiger partial charge in [0.1, 0.15) is 11.4 Å². The maximum Gasteiger partial charge on any atom is 0.277 e. The molecule has 10 heteroatoms. The smallest absolute Gasteiger partial charge is 0.277 e. The SMILES string of the molecule is COc1ccc(NS(C)(=O)=O)c(NC2=CC(=O)N(CCO)C2=O)c1. The second-order valence-corrected chi connectivity index (χ2v) is 6.74. The van der Waals surface area contributed by atoms with Gasteiger partial charge in [-0.25, -0.2) is 8.42 Å². The molecule has 0 unspecified atom stereocenters. The van der Waals surface area contributed by atoms with Gasteiger partial charge in [-0.15, -0.1) is 0 Å². The summed E-state index contributed by atoms with van der Waals surface area (Å²) in [6, 6.07) is 4.50. The Hall–Kier alpha value is -2.59. The van der Waals surface area contributed by atoms with Gasteiger partial charge in [-0.2, -0.15) is 0 Å². The Labute approximate surface area is 139 Å². The molecule has 1 heterocycles. The van der Waals surface area contributed by atoms with Gasteiger partial charge in [0.15, 0.2) is 0 Å². The normalized spacial score (nSPS) is 14.6. The highest BCUT2D eigenvalue weighted by atomic mass is 32.2. The van der Waals surface area contributed by atoms with E-state index in [1.807, 2.05) is 0 Å². The molecular formula is C14H17N3O6S. The van der Waals surface area contributed by atoms with E-state index in [-0.39, 0.29) is 30.2 Å². The molecule has 1 aliphatic heterocycles. The first-order chi connectivity index (χ1) is 11.2. The van der Waals surface area contributed by atoms with Crippen molar-refractivity contribution in [2.24, 2.45) is 0 Å². The number of methoxy groups -OCH3 is 1. The highest BCUT2D eigenvalue weighted by molar-refractivity contribution is 7.92. The summed E-state index contributed by atoms with van der Waals surface area (Å²) < 4.78 is 30.3. The number of anilines is 2. The van der Waals surface area contributed by atoms with Gasteiger partial charge in [0.25, 0.3) is 11.8 Å². The van der Waals surface area contributed by atoms with Gasteiger partial charge in [0, 0.05) is 12.1 Å². The number of carbonyl (C=O) groups is 2. The number of nitrogens with zero attached hydrogens (tertiary/aromatic N) is 1. The Morgan fingerprint density at radius 1 is 1.25 bits per heavy atom. The van der Waals surface area contributed by atoms with Gasteiger partial charge in [-0.1, -0.05) is 0 Å². The average molecular weight is 355 g/mol. The van der Waals surface area contributed by atoms with E-state index in [1.165, 1.54) is 19.2 Å². The molecule has 9 nitrogen and oxygen atoms in total. The Kier molecular flexibility index (Phi) is 5.10. The van der Waals surface area contributed by atoms with Crippen molar-refractivity contribution in [3.63, 3.8) is 0 Å². The first-order valence-electron chi connectivity index (χ1n) is 6.86. The monoisotopic (exact) mass is 355 g/mol. The minimum absolute atomic E-state index is 0.0294. The summed E-state index contributed by atoms with van der Waals surface area (Å²) in [6.07, 6.45) is 2.08. The van der Waals surface area contributed by atoms with Crippen molar-refractivity contribution in [2.45, 2.75) is 0 Å². The molecule has 24 heavy (non-hydrogen) atoms. The topological polar surface area (TPSA) is 125 Å². The van der Waals surface area contributed by atoms with Crippen molar-refractivity contribution < 1.29 is 27.9 Å². The molecule has 0 aliphatic carbocycles. The van der Waals surface area contributed by atoms with E-state index in [2.05, 4.69) is 10.0 Å². The molecule has 1 aliphatic rings. The number of nitrogens with one attached hydrogen (secondary N) is 2. The molecule has 0 radical (unpaired) electrons. The molecule has 0 bridgehead atoms. The van der Waals surface area contributed by atoms with Gasteiger partial charge >= 0.3 is 0 Å². The van der Waals surface area contributed by atoms with E-state index in [0.717, 1.165) is 17.2 Å². The minimum atomic E-state index is -3.54. The van der Waals surface area contributed by atoms with Gasteiger partial charge in [0.05, 0.1) is 37.9 Å². The number of imide groups is 1. The number of β-amino-alcohol motifs (C(OH)–C–C–N with tert-alkyl or cyclic N) is 1. The summed E-state index contributed by atoms with van der Waals surface area (Å²) >= 11 is 0. The van der Waals surface area contributed by atoms with E-state index in [9.17, 15) is 18.0 Å². The van der Waals surface area contributed by atoms with Crippen LogP contribution in [0.15, 0.2) is 30.0 Å². The molecule has 0 atom stereocenters. The fourth-order valence-corrected chi connectivity index (χ4v) is 2.67. The number of hydrogen-bond acceptors (Lipinski definition) is 7. The number of benzene rings is 1. The number of amides is 2. The third-order valence-corrected chi connectivity index (χ3v) is 3.72. The quantitative estimate of drug-likeness (QED) is 0.575. The van der Waals surface area contributed by atoms with Gasteiger partial charge in [-0.05, 0) is 12.1 Å². The third kappa shape index (κ3) is 4.03. The number of sulfonamides is 1. The predicted octanol–water partition coefficient (Wildman–Crippen LogP) is -0.276. The Balaban J connectivity index is 2.33. The van der Waals surface area contributed by atoms with Crippen molar-refractivity contribution >= 4 is 33.2 Å². The number of ether oxygens (including phenoxy) is 1. The lowest BCUT2D eigenvalue weighted by Crippen LogP contribution is -2.34. The molecule has 3 N–H and O–H groups in total. The lowest BCUT2D eigenvalue weighted by Gasteiger charge is -2.16. The van der Waals surface area contributed by atoms with Crippen LogP contribution in [0.5, 0.6) is 5.75 Å². The average Bonchev–Trinajstić information content (AvgIpc) is 2.75. The number of hydrogen-bond donors (Lipinski definition) is 3. The van der Waals surface area contributed by atoms with E-state index in [4.69, 9.17) is 9.84 Å². The van der Waals surface area contributed by atoms with E-state index in [0.29, 0.717) is 5.75 Å². The Morgan fingerprint density at radius 3 is 2.54 bits per heavy atom. The van der Waals surface area contributed by atoms with E-state index < -0.39 is 21.8 Å². The zero-order chi connectivity index (χ0) is 17.9. The van der Waals surface area contributed by atoms with Crippen LogP contribution in [0.3, 0.4) is 0 Å². The molecule has 0 saturated carbocycles. The summed E-state index contributed by atoms with van der Waals surface area (Å²) in [5.41, 5.74) is 0.413. The van der Waals surface area contributed by atoms with Crippen molar-refractivity contribution in [1.82, 2.24) is 4.90 Å². The summed E-state index contributed by atoms with van der Waals surface area (Å²) in [5, 5.41) is 11.6. The van der Waals surface area contributed by atoms with Crippen LogP contribution in [-0.2, 0) is 19.6 Å². The van der Waals surface area contributed by atoms with Crippen LogP contribution in [0.1, 0.15) is 0 Å². The second kappa shape index (κ2) is 6.89. The minimum Gasteiger partial charge on any atom is -0.497 e. The van der Waals surface area contributed by atoms with Crippen molar-refractivity contribution in [1.29, 1.82) is 0 Å². The zero-order valence-corrected chi connectivity index (χ0v) is 13.9. The number of aliphatic hydroxyl groups excluding tert-OH is 1. The molecule has 0 spiro atoms. The van der Waals surface area contributed by atoms with Crippen LogP contribution in [-0.4, -0.2) is 56.8 Å². The molecule has 1 aromatic carbocycles. The first kappa shape index (κ1) is 17.8. The van der Waals surface area contributed by atoms with Gasteiger partial charge < -0.3 is 15.2 Å². The molecule has 0 saturated heterocycles. The Morgan fingerprint density at radius 2 is 1.96 bits per heavy atom. The standard InChI is InChI=1S/C14H17N3O6S/c1-23-9-3-4-10(16-24(2,21)22)11(7-9)15-12-8-13(19)17(5-6-18)14(12)20/h3-4,7-8,15-16,18H,5-6H2,1-2H3. The number of carbonyl (C=O) groups excluding carboxylic acids is 2. The molecule has 0 aromatic heterocycles. The van der Waals surface area contributed by atoms with Gasteiger partial charge in [0.2, 0.25) is 10.0 Å². The number of rotatable bonds is 7. The van der Waals surface area contributed by atoms with Crippen molar-refractivity contribution in [3.05, 3.63) is 30.0 Å². The van der Waals surface area contributed by atoms with Crippen molar-refractivity contribution in [2.75, 3.05) is 36.6 Å². The predicted molar refractivity (Wildman–Crippen MR) is 87.0 cm³/mol. The van der Waals surface area contributed by atoms with Crippen LogP contribution >= 0.6 is 0 Å². The summed E-state index contributed by atoms with van der Waals surface area (Å²) in [5.74, 6) is -0.736. The molecular weight excluding hydrogens is 338 g/mol. The fraction of sp³-hybridized carbons (Fsp3) is 0.286. The largest absolute Gasteiger partial charge is 0.497 e. The third-order valence-electron chi connectivity index (χ3n) is 3.12. The van der Waals surface area contributed by atoms with Crippen LogP contribution in [0.2, 0.25) is 0 Å². The number of aliphatic hydroxyl groups is 1. The van der Waals surface area contributed by atoms with Crippen LogP contribution < -0.4 is 14.8 Å². The molecule has 2 amide bonds.